The zero-order valence-corrected chi connectivity index (χ0v) is 13.2. The number of rotatable bonds is 7. The van der Waals surface area contributed by atoms with Crippen molar-refractivity contribution in [1.29, 1.82) is 0 Å². The minimum absolute atomic E-state index is 0.124. The Bertz CT molecular complexity index is 486. The molecule has 0 bridgehead atoms. The molecule has 1 aromatic carbocycles. The lowest BCUT2D eigenvalue weighted by molar-refractivity contribution is -0.142. The molecule has 1 aromatic rings. The smallest absolute Gasteiger partial charge is 0.320 e. The fourth-order valence-electron chi connectivity index (χ4n) is 2.87. The molecule has 1 aliphatic rings. The highest BCUT2D eigenvalue weighted by Crippen LogP contribution is 2.23. The molecule has 0 spiro atoms. The molecule has 1 saturated heterocycles. The van der Waals surface area contributed by atoms with E-state index in [1.54, 1.807) is 0 Å². The molecule has 5 nitrogen and oxygen atoms in total. The minimum atomic E-state index is -0.762. The summed E-state index contributed by atoms with van der Waals surface area (Å²) >= 11 is 0. The molecule has 0 saturated carbocycles. The highest BCUT2D eigenvalue weighted by molar-refractivity contribution is 5.73. The zero-order chi connectivity index (χ0) is 16.1. The highest BCUT2D eigenvalue weighted by atomic mass is 16.5. The Morgan fingerprint density at radius 2 is 2.05 bits per heavy atom. The minimum Gasteiger partial charge on any atom is -0.491 e. The van der Waals surface area contributed by atoms with Crippen LogP contribution in [0.1, 0.15) is 44.8 Å². The van der Waals surface area contributed by atoms with Gasteiger partial charge in [0.25, 0.3) is 0 Å². The summed E-state index contributed by atoms with van der Waals surface area (Å²) < 4.78 is 5.58. The lowest BCUT2D eigenvalue weighted by Gasteiger charge is -2.22. The first-order valence-corrected chi connectivity index (χ1v) is 7.89. The number of aliphatic carboxylic acids is 1. The fraction of sp³-hybridized carbons (Fsp3) is 0.588. The van der Waals surface area contributed by atoms with Gasteiger partial charge in [-0.1, -0.05) is 12.1 Å². The van der Waals surface area contributed by atoms with Crippen LogP contribution in [0, 0.1) is 0 Å². The van der Waals surface area contributed by atoms with E-state index in [1.165, 1.54) is 0 Å². The van der Waals surface area contributed by atoms with Crippen molar-refractivity contribution in [2.75, 3.05) is 13.1 Å². The van der Waals surface area contributed by atoms with Crippen LogP contribution < -0.4 is 4.74 Å². The summed E-state index contributed by atoms with van der Waals surface area (Å²) in [6.07, 6.45) is 1.69. The van der Waals surface area contributed by atoms with Crippen LogP contribution >= 0.6 is 0 Å². The van der Waals surface area contributed by atoms with Gasteiger partial charge in [0.2, 0.25) is 0 Å². The normalized spacial score (nSPS) is 20.3. The molecule has 22 heavy (non-hydrogen) atoms. The molecule has 2 N–H and O–H groups in total. The Labute approximate surface area is 131 Å². The van der Waals surface area contributed by atoms with E-state index in [1.807, 2.05) is 43.0 Å². The van der Waals surface area contributed by atoms with Crippen LogP contribution in [-0.4, -0.2) is 46.3 Å². The van der Waals surface area contributed by atoms with Crippen LogP contribution in [0.15, 0.2) is 24.3 Å². The second-order valence-corrected chi connectivity index (χ2v) is 6.07. The van der Waals surface area contributed by atoms with E-state index < -0.39 is 18.1 Å². The van der Waals surface area contributed by atoms with Gasteiger partial charge in [-0.3, -0.25) is 9.69 Å². The average molecular weight is 307 g/mol. The van der Waals surface area contributed by atoms with Crippen LogP contribution in [0.4, 0.5) is 0 Å². The molecule has 0 aromatic heterocycles. The van der Waals surface area contributed by atoms with Crippen LogP contribution in [-0.2, 0) is 4.79 Å². The summed E-state index contributed by atoms with van der Waals surface area (Å²) in [5.74, 6) is 0.0265. The van der Waals surface area contributed by atoms with Crippen LogP contribution in [0.3, 0.4) is 0 Å². The van der Waals surface area contributed by atoms with E-state index in [-0.39, 0.29) is 6.10 Å². The molecule has 0 amide bonds. The summed E-state index contributed by atoms with van der Waals surface area (Å²) in [6, 6.07) is 7.04. The first-order valence-electron chi connectivity index (χ1n) is 7.89. The summed E-state index contributed by atoms with van der Waals surface area (Å²) in [7, 11) is 0. The first-order chi connectivity index (χ1) is 10.5. The third-order valence-corrected chi connectivity index (χ3v) is 3.98. The predicted octanol–water partition coefficient (Wildman–Crippen LogP) is 2.45. The van der Waals surface area contributed by atoms with Gasteiger partial charge in [-0.15, -0.1) is 0 Å². The average Bonchev–Trinajstić information content (AvgIpc) is 2.93. The maximum atomic E-state index is 11.1. The molecule has 122 valence electrons. The fourth-order valence-corrected chi connectivity index (χ4v) is 2.87. The Balaban J connectivity index is 1.86. The van der Waals surface area contributed by atoms with Gasteiger partial charge < -0.3 is 14.9 Å². The molecule has 5 heteroatoms. The Morgan fingerprint density at radius 1 is 1.36 bits per heavy atom. The van der Waals surface area contributed by atoms with Gasteiger partial charge >= 0.3 is 5.97 Å². The number of nitrogens with zero attached hydrogens (tertiary/aromatic N) is 1. The monoisotopic (exact) mass is 307 g/mol. The van der Waals surface area contributed by atoms with Crippen molar-refractivity contribution in [3.8, 4) is 5.75 Å². The van der Waals surface area contributed by atoms with E-state index in [0.29, 0.717) is 19.4 Å². The second kappa shape index (κ2) is 7.61. The van der Waals surface area contributed by atoms with Crippen LogP contribution in [0.2, 0.25) is 0 Å². The Kier molecular flexibility index (Phi) is 5.80. The Morgan fingerprint density at radius 3 is 2.64 bits per heavy atom. The standard InChI is InChI=1S/C17H25NO4/c1-12(2)22-14-7-5-13(6-8-14)16(19)9-11-18-10-3-4-15(18)17(20)21/h5-8,12,15-16,19H,3-4,9-11H2,1-2H3,(H,20,21). The van der Waals surface area contributed by atoms with Crippen molar-refractivity contribution in [2.45, 2.75) is 51.4 Å². The number of carboxylic acid groups (broad SMARTS) is 1. The maximum Gasteiger partial charge on any atom is 0.320 e. The number of hydrogen-bond donors (Lipinski definition) is 2. The number of hydrogen-bond acceptors (Lipinski definition) is 4. The zero-order valence-electron chi connectivity index (χ0n) is 13.2. The van der Waals surface area contributed by atoms with E-state index in [4.69, 9.17) is 9.84 Å². The van der Waals surface area contributed by atoms with Gasteiger partial charge in [0.15, 0.2) is 0 Å². The van der Waals surface area contributed by atoms with Crippen molar-refractivity contribution in [3.05, 3.63) is 29.8 Å². The van der Waals surface area contributed by atoms with Crippen LogP contribution in [0.25, 0.3) is 0 Å². The lowest BCUT2D eigenvalue weighted by atomic mass is 10.1. The summed E-state index contributed by atoms with van der Waals surface area (Å²) in [4.78, 5) is 13.1. The van der Waals surface area contributed by atoms with Gasteiger partial charge in [-0.25, -0.2) is 0 Å². The summed E-state index contributed by atoms with van der Waals surface area (Å²) in [5, 5.41) is 19.4. The highest BCUT2D eigenvalue weighted by Gasteiger charge is 2.30. The van der Waals surface area contributed by atoms with Crippen molar-refractivity contribution >= 4 is 5.97 Å². The molecule has 2 rings (SSSR count). The summed E-state index contributed by atoms with van der Waals surface area (Å²) in [5.41, 5.74) is 0.835. The van der Waals surface area contributed by atoms with Gasteiger partial charge in [-0.2, -0.15) is 0 Å². The molecule has 0 aliphatic carbocycles. The van der Waals surface area contributed by atoms with Gasteiger partial charge in [-0.05, 0) is 57.4 Å². The number of carboxylic acids is 1. The van der Waals surface area contributed by atoms with Crippen molar-refractivity contribution < 1.29 is 19.7 Å². The molecule has 1 heterocycles. The number of benzene rings is 1. The molecule has 0 radical (unpaired) electrons. The third kappa shape index (κ3) is 4.45. The second-order valence-electron chi connectivity index (χ2n) is 6.07. The number of aliphatic hydroxyl groups excluding tert-OH is 1. The SMILES string of the molecule is CC(C)Oc1ccc(C(O)CCN2CCCC2C(=O)O)cc1. The molecule has 1 fully saturated rings. The van der Waals surface area contributed by atoms with Gasteiger partial charge in [0.1, 0.15) is 11.8 Å². The van der Waals surface area contributed by atoms with Gasteiger partial charge in [0.05, 0.1) is 12.2 Å². The first kappa shape index (κ1) is 16.8. The summed E-state index contributed by atoms with van der Waals surface area (Å²) in [6.45, 7) is 5.34. The van der Waals surface area contributed by atoms with E-state index in [9.17, 15) is 9.90 Å². The number of ether oxygens (including phenoxy) is 1. The molecule has 1 aliphatic heterocycles. The predicted molar refractivity (Wildman–Crippen MR) is 84.0 cm³/mol. The molecule has 2 atom stereocenters. The van der Waals surface area contributed by atoms with Crippen molar-refractivity contribution in [3.63, 3.8) is 0 Å². The lowest BCUT2D eigenvalue weighted by Crippen LogP contribution is -2.37. The third-order valence-electron chi connectivity index (χ3n) is 3.98. The van der Waals surface area contributed by atoms with E-state index in [0.717, 1.165) is 24.3 Å². The molecule has 2 unspecified atom stereocenters. The van der Waals surface area contributed by atoms with Crippen molar-refractivity contribution in [1.82, 2.24) is 4.90 Å². The number of likely N-dealkylation sites (tertiary alicyclic amines) is 1. The van der Waals surface area contributed by atoms with E-state index in [2.05, 4.69) is 0 Å². The van der Waals surface area contributed by atoms with Crippen LogP contribution in [0.5, 0.6) is 5.75 Å². The topological polar surface area (TPSA) is 70.0 Å². The Hall–Kier alpha value is -1.59. The molecular weight excluding hydrogens is 282 g/mol. The number of aliphatic hydroxyl groups is 1. The quantitative estimate of drug-likeness (QED) is 0.809. The van der Waals surface area contributed by atoms with Gasteiger partial charge in [0, 0.05) is 6.54 Å². The maximum absolute atomic E-state index is 11.1. The van der Waals surface area contributed by atoms with E-state index >= 15 is 0 Å². The number of carbonyl (C=O) groups is 1. The van der Waals surface area contributed by atoms with Crippen molar-refractivity contribution in [2.24, 2.45) is 0 Å². The molecular formula is C17H25NO4. The largest absolute Gasteiger partial charge is 0.491 e.